The van der Waals surface area contributed by atoms with Crippen molar-refractivity contribution in [1.29, 1.82) is 0 Å². The van der Waals surface area contributed by atoms with Crippen molar-refractivity contribution in [3.63, 3.8) is 0 Å². The van der Waals surface area contributed by atoms with E-state index in [0.29, 0.717) is 0 Å². The van der Waals surface area contributed by atoms with Gasteiger partial charge in [-0.25, -0.2) is 0 Å². The summed E-state index contributed by atoms with van der Waals surface area (Å²) in [6, 6.07) is 6.58. The van der Waals surface area contributed by atoms with Gasteiger partial charge in [0.1, 0.15) is 5.75 Å². The lowest BCUT2D eigenvalue weighted by atomic mass is 10.1. The second-order valence-electron chi connectivity index (χ2n) is 5.31. The SMILES string of the molecule is COc1cc(CCCN2CCCCC2)ccc1C. The van der Waals surface area contributed by atoms with E-state index in [4.69, 9.17) is 4.74 Å². The number of rotatable bonds is 5. The Labute approximate surface area is 111 Å². The molecule has 1 fully saturated rings. The maximum absolute atomic E-state index is 5.37. The summed E-state index contributed by atoms with van der Waals surface area (Å²) >= 11 is 0. The van der Waals surface area contributed by atoms with Crippen LogP contribution in [0.2, 0.25) is 0 Å². The molecule has 1 saturated heterocycles. The predicted octanol–water partition coefficient (Wildman–Crippen LogP) is 3.42. The molecule has 18 heavy (non-hydrogen) atoms. The van der Waals surface area contributed by atoms with Crippen molar-refractivity contribution in [2.75, 3.05) is 26.7 Å². The van der Waals surface area contributed by atoms with Crippen LogP contribution in [-0.4, -0.2) is 31.6 Å². The van der Waals surface area contributed by atoms with E-state index in [0.717, 1.165) is 12.2 Å². The molecule has 0 atom stereocenters. The Morgan fingerprint density at radius 1 is 1.17 bits per heavy atom. The molecule has 0 N–H and O–H groups in total. The van der Waals surface area contributed by atoms with Crippen LogP contribution in [0.15, 0.2) is 18.2 Å². The predicted molar refractivity (Wildman–Crippen MR) is 76.3 cm³/mol. The average Bonchev–Trinajstić information content (AvgIpc) is 2.42. The number of piperidine rings is 1. The van der Waals surface area contributed by atoms with E-state index in [2.05, 4.69) is 30.0 Å². The Morgan fingerprint density at radius 2 is 1.94 bits per heavy atom. The van der Waals surface area contributed by atoms with E-state index in [9.17, 15) is 0 Å². The average molecular weight is 247 g/mol. The lowest BCUT2D eigenvalue weighted by molar-refractivity contribution is 0.226. The summed E-state index contributed by atoms with van der Waals surface area (Å²) in [4.78, 5) is 2.61. The molecule has 0 radical (unpaired) electrons. The van der Waals surface area contributed by atoms with Crippen LogP contribution in [-0.2, 0) is 6.42 Å². The molecule has 1 aromatic carbocycles. The highest BCUT2D eigenvalue weighted by Gasteiger charge is 2.09. The lowest BCUT2D eigenvalue weighted by Crippen LogP contribution is -2.30. The minimum absolute atomic E-state index is 1.02. The molecular formula is C16H25NO. The van der Waals surface area contributed by atoms with Gasteiger partial charge in [-0.3, -0.25) is 0 Å². The van der Waals surface area contributed by atoms with Crippen molar-refractivity contribution in [2.45, 2.75) is 39.0 Å². The minimum Gasteiger partial charge on any atom is -0.496 e. The van der Waals surface area contributed by atoms with Crippen molar-refractivity contribution in [3.8, 4) is 5.75 Å². The molecular weight excluding hydrogens is 222 g/mol. The quantitative estimate of drug-likeness (QED) is 0.790. The van der Waals surface area contributed by atoms with Crippen LogP contribution in [0.25, 0.3) is 0 Å². The van der Waals surface area contributed by atoms with E-state index in [1.807, 2.05) is 0 Å². The first kappa shape index (κ1) is 13.4. The highest BCUT2D eigenvalue weighted by Crippen LogP contribution is 2.20. The lowest BCUT2D eigenvalue weighted by Gasteiger charge is -2.26. The van der Waals surface area contributed by atoms with E-state index < -0.39 is 0 Å². The third-order valence-corrected chi connectivity index (χ3v) is 3.86. The summed E-state index contributed by atoms with van der Waals surface area (Å²) in [6.07, 6.45) is 6.61. The third-order valence-electron chi connectivity index (χ3n) is 3.86. The molecule has 0 saturated carbocycles. The maximum atomic E-state index is 5.37. The fourth-order valence-corrected chi connectivity index (χ4v) is 2.71. The van der Waals surface area contributed by atoms with Gasteiger partial charge in [-0.1, -0.05) is 18.6 Å². The fourth-order valence-electron chi connectivity index (χ4n) is 2.71. The molecule has 0 aliphatic carbocycles. The summed E-state index contributed by atoms with van der Waals surface area (Å²) in [5.41, 5.74) is 2.62. The van der Waals surface area contributed by atoms with Crippen LogP contribution in [0.3, 0.4) is 0 Å². The molecule has 0 spiro atoms. The number of benzene rings is 1. The molecule has 1 aromatic rings. The molecule has 0 amide bonds. The van der Waals surface area contributed by atoms with Gasteiger partial charge in [0.25, 0.3) is 0 Å². The number of aryl methyl sites for hydroxylation is 2. The summed E-state index contributed by atoms with van der Waals surface area (Å²) in [5, 5.41) is 0. The van der Waals surface area contributed by atoms with Gasteiger partial charge in [0.05, 0.1) is 7.11 Å². The van der Waals surface area contributed by atoms with E-state index >= 15 is 0 Å². The Morgan fingerprint density at radius 3 is 2.67 bits per heavy atom. The Hall–Kier alpha value is -1.02. The second kappa shape index (κ2) is 6.79. The molecule has 0 unspecified atom stereocenters. The molecule has 2 nitrogen and oxygen atoms in total. The zero-order valence-corrected chi connectivity index (χ0v) is 11.7. The molecule has 0 bridgehead atoms. The largest absolute Gasteiger partial charge is 0.496 e. The zero-order chi connectivity index (χ0) is 12.8. The zero-order valence-electron chi connectivity index (χ0n) is 11.7. The Kier molecular flexibility index (Phi) is 5.06. The normalized spacial score (nSPS) is 16.8. The topological polar surface area (TPSA) is 12.5 Å². The third kappa shape index (κ3) is 3.74. The first-order chi connectivity index (χ1) is 8.79. The Bertz CT molecular complexity index is 369. The molecule has 100 valence electrons. The van der Waals surface area contributed by atoms with Gasteiger partial charge in [-0.2, -0.15) is 0 Å². The highest BCUT2D eigenvalue weighted by molar-refractivity contribution is 5.36. The van der Waals surface area contributed by atoms with Crippen molar-refractivity contribution in [1.82, 2.24) is 4.90 Å². The molecule has 1 heterocycles. The summed E-state index contributed by atoms with van der Waals surface area (Å²) in [7, 11) is 1.75. The molecule has 2 heteroatoms. The van der Waals surface area contributed by atoms with Gasteiger partial charge < -0.3 is 9.64 Å². The van der Waals surface area contributed by atoms with Crippen LogP contribution < -0.4 is 4.74 Å². The standard InChI is InChI=1S/C16H25NO/c1-14-8-9-15(13-16(14)18-2)7-6-12-17-10-4-3-5-11-17/h8-9,13H,3-7,10-12H2,1-2H3. The Balaban J connectivity index is 1.79. The van der Waals surface area contributed by atoms with E-state index in [-0.39, 0.29) is 0 Å². The highest BCUT2D eigenvalue weighted by atomic mass is 16.5. The first-order valence-corrected chi connectivity index (χ1v) is 7.15. The summed E-state index contributed by atoms with van der Waals surface area (Å²) < 4.78 is 5.37. The number of nitrogens with zero attached hydrogens (tertiary/aromatic N) is 1. The van der Waals surface area contributed by atoms with Crippen molar-refractivity contribution in [3.05, 3.63) is 29.3 Å². The van der Waals surface area contributed by atoms with Gasteiger partial charge in [0.2, 0.25) is 0 Å². The van der Waals surface area contributed by atoms with Crippen LogP contribution in [0.5, 0.6) is 5.75 Å². The van der Waals surface area contributed by atoms with Gasteiger partial charge in [-0.05, 0) is 69.4 Å². The van der Waals surface area contributed by atoms with Gasteiger partial charge in [0, 0.05) is 0 Å². The van der Waals surface area contributed by atoms with E-state index in [1.54, 1.807) is 7.11 Å². The minimum atomic E-state index is 1.02. The molecule has 2 rings (SSSR count). The fraction of sp³-hybridized carbons (Fsp3) is 0.625. The van der Waals surface area contributed by atoms with Gasteiger partial charge in [-0.15, -0.1) is 0 Å². The van der Waals surface area contributed by atoms with Crippen LogP contribution in [0, 0.1) is 6.92 Å². The van der Waals surface area contributed by atoms with Gasteiger partial charge in [0.15, 0.2) is 0 Å². The summed E-state index contributed by atoms with van der Waals surface area (Å²) in [5.74, 6) is 1.02. The first-order valence-electron chi connectivity index (χ1n) is 7.15. The van der Waals surface area contributed by atoms with Crippen molar-refractivity contribution < 1.29 is 4.74 Å². The van der Waals surface area contributed by atoms with Crippen molar-refractivity contribution in [2.24, 2.45) is 0 Å². The number of ether oxygens (including phenoxy) is 1. The van der Waals surface area contributed by atoms with Gasteiger partial charge >= 0.3 is 0 Å². The maximum Gasteiger partial charge on any atom is 0.122 e. The monoisotopic (exact) mass is 247 g/mol. The molecule has 0 aromatic heterocycles. The van der Waals surface area contributed by atoms with E-state index in [1.165, 1.54) is 56.4 Å². The number of likely N-dealkylation sites (tertiary alicyclic amines) is 1. The van der Waals surface area contributed by atoms with Crippen LogP contribution in [0.4, 0.5) is 0 Å². The summed E-state index contributed by atoms with van der Waals surface area (Å²) in [6.45, 7) is 5.95. The number of hydrogen-bond acceptors (Lipinski definition) is 2. The van der Waals surface area contributed by atoms with Crippen LogP contribution >= 0.6 is 0 Å². The number of methoxy groups -OCH3 is 1. The van der Waals surface area contributed by atoms with Crippen molar-refractivity contribution >= 4 is 0 Å². The molecule has 1 aliphatic heterocycles. The van der Waals surface area contributed by atoms with Crippen LogP contribution in [0.1, 0.15) is 36.8 Å². The number of hydrogen-bond donors (Lipinski definition) is 0. The smallest absolute Gasteiger partial charge is 0.122 e. The molecule has 1 aliphatic rings. The second-order valence-corrected chi connectivity index (χ2v) is 5.31.